The number of carbonyl (C=O) groups excluding carboxylic acids is 1. The van der Waals surface area contributed by atoms with Gasteiger partial charge in [0.2, 0.25) is 0 Å². The monoisotopic (exact) mass is 340 g/mol. The molecule has 1 unspecified atom stereocenters. The summed E-state index contributed by atoms with van der Waals surface area (Å²) >= 11 is 3.24. The summed E-state index contributed by atoms with van der Waals surface area (Å²) in [6.07, 6.45) is 4.75. The molecule has 0 fully saturated rings. The minimum absolute atomic E-state index is 0.00208. The first-order chi connectivity index (χ1) is 9.47. The largest absolute Gasteiger partial charge is 0.457 e. The van der Waals surface area contributed by atoms with Crippen LogP contribution in [0.2, 0.25) is 0 Å². The van der Waals surface area contributed by atoms with Gasteiger partial charge in [0.15, 0.2) is 5.60 Å². The Kier molecular flexibility index (Phi) is 4.46. The van der Waals surface area contributed by atoms with Gasteiger partial charge >= 0.3 is 5.97 Å². The number of nitrogens with zero attached hydrogens (tertiary/aromatic N) is 4. The standard InChI is InChI=1S/C12H13BrN4O3/c1-12(19,8-17-6-9(13)5-15-17)11(18)20-7-10-3-2-4-14-16-10/h2-6,19H,7-8H2,1H3. The first-order valence-corrected chi connectivity index (χ1v) is 6.61. The van der Waals surface area contributed by atoms with Gasteiger partial charge in [-0.2, -0.15) is 15.3 Å². The van der Waals surface area contributed by atoms with Crippen molar-refractivity contribution in [2.24, 2.45) is 0 Å². The number of hydrogen-bond donors (Lipinski definition) is 1. The van der Waals surface area contributed by atoms with E-state index >= 15 is 0 Å². The third-order valence-corrected chi connectivity index (χ3v) is 2.90. The average molecular weight is 341 g/mol. The molecule has 0 amide bonds. The molecule has 0 spiro atoms. The summed E-state index contributed by atoms with van der Waals surface area (Å²) in [6.45, 7) is 1.34. The third-order valence-electron chi connectivity index (χ3n) is 2.49. The second kappa shape index (κ2) is 6.10. The normalized spacial score (nSPS) is 13.8. The Hall–Kier alpha value is -1.80. The molecule has 0 aliphatic heterocycles. The van der Waals surface area contributed by atoms with Gasteiger partial charge < -0.3 is 9.84 Å². The topological polar surface area (TPSA) is 90.1 Å². The van der Waals surface area contributed by atoms with Crippen LogP contribution in [0.3, 0.4) is 0 Å². The van der Waals surface area contributed by atoms with Crippen molar-refractivity contribution in [2.45, 2.75) is 25.7 Å². The Bertz CT molecular complexity index is 585. The highest BCUT2D eigenvalue weighted by atomic mass is 79.9. The molecule has 1 atom stereocenters. The first kappa shape index (κ1) is 14.6. The van der Waals surface area contributed by atoms with E-state index in [1.165, 1.54) is 17.8 Å². The number of hydrogen-bond acceptors (Lipinski definition) is 6. The second-order valence-electron chi connectivity index (χ2n) is 4.42. The van der Waals surface area contributed by atoms with Gasteiger partial charge in [-0.25, -0.2) is 4.79 Å². The molecule has 0 bridgehead atoms. The molecule has 1 N–H and O–H groups in total. The van der Waals surface area contributed by atoms with E-state index in [1.807, 2.05) is 0 Å². The van der Waals surface area contributed by atoms with Crippen molar-refractivity contribution in [3.05, 3.63) is 40.9 Å². The number of aromatic nitrogens is 4. The molecule has 0 radical (unpaired) electrons. The van der Waals surface area contributed by atoms with Crippen molar-refractivity contribution < 1.29 is 14.6 Å². The van der Waals surface area contributed by atoms with Crippen LogP contribution < -0.4 is 0 Å². The van der Waals surface area contributed by atoms with Crippen molar-refractivity contribution in [1.82, 2.24) is 20.0 Å². The van der Waals surface area contributed by atoms with Crippen LogP contribution in [0.1, 0.15) is 12.6 Å². The fourth-order valence-electron chi connectivity index (χ4n) is 1.51. The first-order valence-electron chi connectivity index (χ1n) is 5.81. The molecule has 0 saturated heterocycles. The van der Waals surface area contributed by atoms with E-state index in [2.05, 4.69) is 31.2 Å². The molecule has 106 valence electrons. The minimum atomic E-state index is -1.67. The highest BCUT2D eigenvalue weighted by Crippen LogP contribution is 2.13. The summed E-state index contributed by atoms with van der Waals surface area (Å²) in [5.41, 5.74) is -1.16. The third kappa shape index (κ3) is 3.84. The fourth-order valence-corrected chi connectivity index (χ4v) is 1.84. The van der Waals surface area contributed by atoms with Crippen LogP contribution in [0.15, 0.2) is 35.2 Å². The zero-order valence-electron chi connectivity index (χ0n) is 10.7. The van der Waals surface area contributed by atoms with Crippen LogP contribution in [0.25, 0.3) is 0 Å². The van der Waals surface area contributed by atoms with Crippen LogP contribution >= 0.6 is 15.9 Å². The Morgan fingerprint density at radius 2 is 2.40 bits per heavy atom. The van der Waals surface area contributed by atoms with Gasteiger partial charge in [-0.05, 0) is 35.0 Å². The van der Waals surface area contributed by atoms with Crippen molar-refractivity contribution in [1.29, 1.82) is 0 Å². The van der Waals surface area contributed by atoms with Gasteiger partial charge in [-0.3, -0.25) is 4.68 Å². The van der Waals surface area contributed by atoms with E-state index in [4.69, 9.17) is 4.74 Å². The summed E-state index contributed by atoms with van der Waals surface area (Å²) < 4.78 is 7.24. The summed E-state index contributed by atoms with van der Waals surface area (Å²) in [5.74, 6) is -0.741. The maximum Gasteiger partial charge on any atom is 0.340 e. The molecule has 0 aliphatic carbocycles. The molecular formula is C12H13BrN4O3. The van der Waals surface area contributed by atoms with Crippen molar-refractivity contribution in [3.8, 4) is 0 Å². The second-order valence-corrected chi connectivity index (χ2v) is 5.34. The van der Waals surface area contributed by atoms with Gasteiger partial charge in [0.1, 0.15) is 12.3 Å². The molecule has 8 heteroatoms. The van der Waals surface area contributed by atoms with Crippen molar-refractivity contribution in [3.63, 3.8) is 0 Å². The van der Waals surface area contributed by atoms with Crippen molar-refractivity contribution >= 4 is 21.9 Å². The Balaban J connectivity index is 1.93. The number of halogens is 1. The van der Waals surface area contributed by atoms with Gasteiger partial charge in [0.25, 0.3) is 0 Å². The summed E-state index contributed by atoms with van der Waals surface area (Å²) in [6, 6.07) is 3.37. The van der Waals surface area contributed by atoms with Gasteiger partial charge in [0.05, 0.1) is 17.2 Å². The molecule has 0 saturated carbocycles. The van der Waals surface area contributed by atoms with E-state index in [0.717, 1.165) is 4.47 Å². The van der Waals surface area contributed by atoms with Crippen LogP contribution in [0.5, 0.6) is 0 Å². The van der Waals surface area contributed by atoms with Crippen LogP contribution in [0, 0.1) is 0 Å². The van der Waals surface area contributed by atoms with E-state index in [-0.39, 0.29) is 13.2 Å². The predicted molar refractivity (Wildman–Crippen MR) is 72.4 cm³/mol. The van der Waals surface area contributed by atoms with Gasteiger partial charge in [-0.15, -0.1) is 0 Å². The zero-order valence-corrected chi connectivity index (χ0v) is 12.3. The predicted octanol–water partition coefficient (Wildman–Crippen LogP) is 0.930. The maximum absolute atomic E-state index is 11.9. The fraction of sp³-hybridized carbons (Fsp3) is 0.333. The smallest absolute Gasteiger partial charge is 0.340 e. The number of ether oxygens (including phenoxy) is 1. The highest BCUT2D eigenvalue weighted by molar-refractivity contribution is 9.10. The Morgan fingerprint density at radius 3 is 3.00 bits per heavy atom. The molecule has 2 rings (SSSR count). The lowest BCUT2D eigenvalue weighted by atomic mass is 10.1. The maximum atomic E-state index is 11.9. The van der Waals surface area contributed by atoms with E-state index in [9.17, 15) is 9.90 Å². The van der Waals surface area contributed by atoms with Crippen molar-refractivity contribution in [2.75, 3.05) is 0 Å². The van der Waals surface area contributed by atoms with E-state index in [0.29, 0.717) is 5.69 Å². The molecule has 7 nitrogen and oxygen atoms in total. The minimum Gasteiger partial charge on any atom is -0.457 e. The molecule has 20 heavy (non-hydrogen) atoms. The summed E-state index contributed by atoms with van der Waals surface area (Å²) in [7, 11) is 0. The quantitative estimate of drug-likeness (QED) is 0.814. The molecule has 0 aliphatic rings. The molecule has 2 heterocycles. The molecule has 2 aromatic rings. The summed E-state index contributed by atoms with van der Waals surface area (Å²) in [5, 5.41) is 21.6. The highest BCUT2D eigenvalue weighted by Gasteiger charge is 2.33. The number of rotatable bonds is 5. The molecule has 2 aromatic heterocycles. The average Bonchev–Trinajstić information content (AvgIpc) is 2.81. The van der Waals surface area contributed by atoms with Crippen LogP contribution in [0.4, 0.5) is 0 Å². The summed E-state index contributed by atoms with van der Waals surface area (Å²) in [4.78, 5) is 11.9. The SMILES string of the molecule is CC(O)(Cn1cc(Br)cn1)C(=O)OCc1cccnn1. The molecule has 0 aromatic carbocycles. The number of esters is 1. The molecular weight excluding hydrogens is 328 g/mol. The van der Waals surface area contributed by atoms with E-state index < -0.39 is 11.6 Å². The van der Waals surface area contributed by atoms with Gasteiger partial charge in [0, 0.05) is 12.4 Å². The lowest BCUT2D eigenvalue weighted by Crippen LogP contribution is -2.41. The lowest BCUT2D eigenvalue weighted by molar-refractivity contribution is -0.166. The van der Waals surface area contributed by atoms with Crippen LogP contribution in [-0.2, 0) is 22.7 Å². The Labute approximate surface area is 123 Å². The van der Waals surface area contributed by atoms with Gasteiger partial charge in [-0.1, -0.05) is 0 Å². The number of carbonyl (C=O) groups is 1. The zero-order chi connectivity index (χ0) is 14.6. The number of aliphatic hydroxyl groups is 1. The lowest BCUT2D eigenvalue weighted by Gasteiger charge is -2.20. The van der Waals surface area contributed by atoms with Crippen LogP contribution in [-0.4, -0.2) is 36.7 Å². The Morgan fingerprint density at radius 1 is 1.60 bits per heavy atom. The van der Waals surface area contributed by atoms with E-state index in [1.54, 1.807) is 24.5 Å².